The fraction of sp³-hybridized carbons (Fsp3) is 0.304. The van der Waals surface area contributed by atoms with Crippen molar-refractivity contribution in [2.75, 3.05) is 37.6 Å². The van der Waals surface area contributed by atoms with Gasteiger partial charge in [-0.05, 0) is 42.3 Å². The minimum atomic E-state index is -0.219. The maximum Gasteiger partial charge on any atom is 0.244 e. The second kappa shape index (κ2) is 10.1. The summed E-state index contributed by atoms with van der Waals surface area (Å²) in [4.78, 5) is 28.5. The van der Waals surface area contributed by atoms with Crippen LogP contribution in [0.4, 0.5) is 5.69 Å². The Labute approximate surface area is 177 Å². The van der Waals surface area contributed by atoms with Crippen molar-refractivity contribution in [3.63, 3.8) is 0 Å². The molecule has 0 saturated carbocycles. The van der Waals surface area contributed by atoms with Gasteiger partial charge < -0.3 is 15.1 Å². The molecule has 29 heavy (non-hydrogen) atoms. The van der Waals surface area contributed by atoms with Gasteiger partial charge in [0.2, 0.25) is 11.8 Å². The Morgan fingerprint density at radius 2 is 1.79 bits per heavy atom. The van der Waals surface area contributed by atoms with Crippen molar-refractivity contribution < 1.29 is 9.59 Å². The fourth-order valence-corrected chi connectivity index (χ4v) is 3.44. The molecule has 0 radical (unpaired) electrons. The van der Waals surface area contributed by atoms with Gasteiger partial charge in [-0.25, -0.2) is 0 Å². The maximum absolute atomic E-state index is 12.4. The van der Waals surface area contributed by atoms with E-state index in [2.05, 4.69) is 22.3 Å². The highest BCUT2D eigenvalue weighted by atomic mass is 35.5. The van der Waals surface area contributed by atoms with Crippen molar-refractivity contribution in [3.05, 3.63) is 70.8 Å². The number of nitrogens with zero attached hydrogens (tertiary/aromatic N) is 2. The number of nitrogens with one attached hydrogen (secondary N) is 1. The summed E-state index contributed by atoms with van der Waals surface area (Å²) < 4.78 is 0. The summed E-state index contributed by atoms with van der Waals surface area (Å²) in [6, 6.07) is 15.9. The van der Waals surface area contributed by atoms with Crippen LogP contribution >= 0.6 is 11.6 Å². The van der Waals surface area contributed by atoms with E-state index in [1.54, 1.807) is 6.08 Å². The molecule has 152 valence electrons. The predicted octanol–water partition coefficient (Wildman–Crippen LogP) is 3.52. The van der Waals surface area contributed by atoms with E-state index < -0.39 is 0 Å². The van der Waals surface area contributed by atoms with Crippen molar-refractivity contribution in [2.24, 2.45) is 0 Å². The van der Waals surface area contributed by atoms with Gasteiger partial charge in [0.1, 0.15) is 0 Å². The second-order valence-electron chi connectivity index (χ2n) is 7.09. The Bertz CT molecular complexity index is 875. The molecule has 1 saturated heterocycles. The predicted molar refractivity (Wildman–Crippen MR) is 118 cm³/mol. The third-order valence-corrected chi connectivity index (χ3v) is 5.42. The van der Waals surface area contributed by atoms with Crippen LogP contribution in [0.15, 0.2) is 54.6 Å². The van der Waals surface area contributed by atoms with Gasteiger partial charge in [-0.1, -0.05) is 41.9 Å². The Kier molecular flexibility index (Phi) is 7.30. The van der Waals surface area contributed by atoms with Crippen LogP contribution in [0.3, 0.4) is 0 Å². The van der Waals surface area contributed by atoms with Crippen molar-refractivity contribution >= 4 is 35.2 Å². The molecule has 5 nitrogen and oxygen atoms in total. The summed E-state index contributed by atoms with van der Waals surface area (Å²) in [5, 5.41) is 3.44. The van der Waals surface area contributed by atoms with Crippen molar-refractivity contribution in [3.8, 4) is 0 Å². The number of piperazine rings is 1. The molecule has 1 heterocycles. The topological polar surface area (TPSA) is 52.7 Å². The zero-order valence-electron chi connectivity index (χ0n) is 16.6. The molecule has 6 heteroatoms. The number of carbonyl (C=O) groups excluding carboxylic acids is 2. The molecular weight excluding hydrogens is 386 g/mol. The van der Waals surface area contributed by atoms with Crippen LogP contribution in [0, 0.1) is 6.92 Å². The minimum Gasteiger partial charge on any atom is -0.368 e. The van der Waals surface area contributed by atoms with Crippen LogP contribution < -0.4 is 10.2 Å². The number of rotatable bonds is 6. The zero-order valence-corrected chi connectivity index (χ0v) is 17.4. The summed E-state index contributed by atoms with van der Waals surface area (Å²) in [7, 11) is 0. The largest absolute Gasteiger partial charge is 0.368 e. The van der Waals surface area contributed by atoms with E-state index in [-0.39, 0.29) is 11.8 Å². The average Bonchev–Trinajstić information content (AvgIpc) is 2.75. The van der Waals surface area contributed by atoms with E-state index in [0.717, 1.165) is 24.2 Å². The van der Waals surface area contributed by atoms with E-state index in [0.29, 0.717) is 31.1 Å². The van der Waals surface area contributed by atoms with Crippen molar-refractivity contribution in [1.82, 2.24) is 10.2 Å². The molecule has 0 unspecified atom stereocenters. The van der Waals surface area contributed by atoms with Crippen LogP contribution in [0.2, 0.25) is 5.02 Å². The van der Waals surface area contributed by atoms with Crippen molar-refractivity contribution in [2.45, 2.75) is 13.3 Å². The number of anilines is 1. The van der Waals surface area contributed by atoms with E-state index in [1.165, 1.54) is 11.8 Å². The number of para-hydroxylation sites is 1. The Balaban J connectivity index is 1.38. The first-order valence-corrected chi connectivity index (χ1v) is 10.2. The minimum absolute atomic E-state index is 0.0762. The summed E-state index contributed by atoms with van der Waals surface area (Å²) in [5.74, 6) is -0.143. The molecule has 0 bridgehead atoms. The molecule has 3 rings (SSSR count). The van der Waals surface area contributed by atoms with Crippen LogP contribution in [0.25, 0.3) is 6.08 Å². The highest BCUT2D eigenvalue weighted by molar-refractivity contribution is 6.31. The SMILES string of the molecule is Cc1ccc(/C=C/C(=O)NCCC(=O)N2CCN(c3ccccc3)CC2)cc1Cl. The van der Waals surface area contributed by atoms with Gasteiger partial charge in [0, 0.05) is 55.9 Å². The second-order valence-corrected chi connectivity index (χ2v) is 7.49. The molecule has 0 spiro atoms. The molecular formula is C23H26ClN3O2. The lowest BCUT2D eigenvalue weighted by atomic mass is 10.1. The van der Waals surface area contributed by atoms with Gasteiger partial charge in [-0.3, -0.25) is 9.59 Å². The molecule has 0 atom stereocenters. The van der Waals surface area contributed by atoms with Crippen LogP contribution in [0.1, 0.15) is 17.5 Å². The van der Waals surface area contributed by atoms with E-state index in [4.69, 9.17) is 11.6 Å². The van der Waals surface area contributed by atoms with E-state index in [1.807, 2.05) is 48.2 Å². The summed E-state index contributed by atoms with van der Waals surface area (Å²) in [6.07, 6.45) is 3.48. The van der Waals surface area contributed by atoms with E-state index >= 15 is 0 Å². The quantitative estimate of drug-likeness (QED) is 0.740. The molecule has 0 aliphatic carbocycles. The lowest BCUT2D eigenvalue weighted by Gasteiger charge is -2.36. The van der Waals surface area contributed by atoms with Crippen LogP contribution in [0.5, 0.6) is 0 Å². The molecule has 1 N–H and O–H groups in total. The normalized spacial score (nSPS) is 14.3. The first kappa shape index (κ1) is 20.9. The number of hydrogen-bond donors (Lipinski definition) is 1. The third-order valence-electron chi connectivity index (χ3n) is 5.01. The molecule has 2 amide bonds. The number of halogens is 1. The zero-order chi connectivity index (χ0) is 20.6. The molecule has 2 aromatic rings. The first-order valence-electron chi connectivity index (χ1n) is 9.83. The van der Waals surface area contributed by atoms with Crippen molar-refractivity contribution in [1.29, 1.82) is 0 Å². The molecule has 1 fully saturated rings. The first-order chi connectivity index (χ1) is 14.0. The number of aryl methyl sites for hydroxylation is 1. The smallest absolute Gasteiger partial charge is 0.244 e. The highest BCUT2D eigenvalue weighted by Crippen LogP contribution is 2.17. The van der Waals surface area contributed by atoms with Gasteiger partial charge in [0.05, 0.1) is 0 Å². The average molecular weight is 412 g/mol. The van der Waals surface area contributed by atoms with Crippen LogP contribution in [-0.2, 0) is 9.59 Å². The summed E-state index contributed by atoms with van der Waals surface area (Å²) in [6.45, 7) is 5.32. The molecule has 1 aliphatic rings. The van der Waals surface area contributed by atoms with Gasteiger partial charge in [0.15, 0.2) is 0 Å². The Morgan fingerprint density at radius 1 is 1.07 bits per heavy atom. The maximum atomic E-state index is 12.4. The molecule has 0 aromatic heterocycles. The van der Waals surface area contributed by atoms with Gasteiger partial charge in [0.25, 0.3) is 0 Å². The Morgan fingerprint density at radius 3 is 2.48 bits per heavy atom. The monoisotopic (exact) mass is 411 g/mol. The summed E-state index contributed by atoms with van der Waals surface area (Å²) >= 11 is 6.09. The third kappa shape index (κ3) is 6.09. The van der Waals surface area contributed by atoms with E-state index in [9.17, 15) is 9.59 Å². The fourth-order valence-electron chi connectivity index (χ4n) is 3.25. The van der Waals surface area contributed by atoms with Gasteiger partial charge in [-0.2, -0.15) is 0 Å². The van der Waals surface area contributed by atoms with Crippen LogP contribution in [-0.4, -0.2) is 49.4 Å². The number of carbonyl (C=O) groups is 2. The molecule has 2 aromatic carbocycles. The lowest BCUT2D eigenvalue weighted by Crippen LogP contribution is -2.49. The van der Waals surface area contributed by atoms with Gasteiger partial charge >= 0.3 is 0 Å². The number of benzene rings is 2. The number of hydrogen-bond acceptors (Lipinski definition) is 3. The Hall–Kier alpha value is -2.79. The molecule has 1 aliphatic heterocycles. The standard InChI is InChI=1S/C23H26ClN3O2/c1-18-7-8-19(17-21(18)24)9-10-22(28)25-12-11-23(29)27-15-13-26(14-16-27)20-5-3-2-4-6-20/h2-10,17H,11-16H2,1H3,(H,25,28)/b10-9+. The lowest BCUT2D eigenvalue weighted by molar-refractivity contribution is -0.131. The van der Waals surface area contributed by atoms with Gasteiger partial charge in [-0.15, -0.1) is 0 Å². The summed E-state index contributed by atoms with van der Waals surface area (Å²) in [5.41, 5.74) is 3.05. The number of amides is 2. The highest BCUT2D eigenvalue weighted by Gasteiger charge is 2.20.